The number of hydrogen-bond donors (Lipinski definition) is 2. The van der Waals surface area contributed by atoms with Crippen molar-refractivity contribution in [1.82, 2.24) is 10.6 Å². The lowest BCUT2D eigenvalue weighted by atomic mass is 10.2. The van der Waals surface area contributed by atoms with Crippen molar-refractivity contribution in [3.63, 3.8) is 0 Å². The van der Waals surface area contributed by atoms with Gasteiger partial charge in [-0.15, -0.1) is 0 Å². The van der Waals surface area contributed by atoms with Crippen LogP contribution >= 0.6 is 0 Å². The Balaban J connectivity index is 3.68. The highest BCUT2D eigenvalue weighted by Gasteiger charge is 2.14. The van der Waals surface area contributed by atoms with Crippen molar-refractivity contribution >= 4 is 5.91 Å². The Morgan fingerprint density at radius 1 is 1.38 bits per heavy atom. The molecule has 0 bridgehead atoms. The fraction of sp³-hybridized carbons (Fsp3) is 0.909. The van der Waals surface area contributed by atoms with E-state index in [4.69, 9.17) is 9.47 Å². The molecule has 2 unspecified atom stereocenters. The van der Waals surface area contributed by atoms with Crippen LogP contribution in [0.3, 0.4) is 0 Å². The molecular formula is C11H24N2O3. The number of methoxy groups -OCH3 is 1. The van der Waals surface area contributed by atoms with Gasteiger partial charge in [0, 0.05) is 26.3 Å². The van der Waals surface area contributed by atoms with E-state index in [1.807, 2.05) is 20.8 Å². The van der Waals surface area contributed by atoms with Gasteiger partial charge in [-0.25, -0.2) is 0 Å². The number of nitrogens with one attached hydrogen (secondary N) is 2. The number of ether oxygens (including phenoxy) is 2. The maximum atomic E-state index is 11.6. The van der Waals surface area contributed by atoms with Gasteiger partial charge in [0.15, 0.2) is 0 Å². The van der Waals surface area contributed by atoms with E-state index in [1.54, 1.807) is 7.11 Å². The summed E-state index contributed by atoms with van der Waals surface area (Å²) in [5.74, 6) is -0.0135. The standard InChI is InChI=1S/C11H24N2O3/c1-5-16-8-9(2)13-10(3)11(14)12-6-7-15-4/h9-10,13H,5-8H2,1-4H3,(H,12,14). The highest BCUT2D eigenvalue weighted by molar-refractivity contribution is 5.81. The zero-order valence-electron chi connectivity index (χ0n) is 10.7. The summed E-state index contributed by atoms with van der Waals surface area (Å²) in [5.41, 5.74) is 0. The molecule has 0 aliphatic rings. The molecule has 0 spiro atoms. The summed E-state index contributed by atoms with van der Waals surface area (Å²) in [6.07, 6.45) is 0. The third-order valence-electron chi connectivity index (χ3n) is 2.11. The smallest absolute Gasteiger partial charge is 0.236 e. The van der Waals surface area contributed by atoms with Crippen molar-refractivity contribution in [3.05, 3.63) is 0 Å². The SMILES string of the molecule is CCOCC(C)NC(C)C(=O)NCCOC. The van der Waals surface area contributed by atoms with Gasteiger partial charge >= 0.3 is 0 Å². The topological polar surface area (TPSA) is 59.6 Å². The summed E-state index contributed by atoms with van der Waals surface area (Å²) in [6.45, 7) is 8.17. The van der Waals surface area contributed by atoms with E-state index in [1.165, 1.54) is 0 Å². The highest BCUT2D eigenvalue weighted by atomic mass is 16.5. The average Bonchev–Trinajstić information content (AvgIpc) is 2.26. The predicted octanol–water partition coefficient (Wildman–Crippen LogP) is 0.152. The Bertz CT molecular complexity index is 188. The molecule has 96 valence electrons. The molecule has 0 aromatic heterocycles. The van der Waals surface area contributed by atoms with Crippen molar-refractivity contribution in [2.45, 2.75) is 32.9 Å². The molecule has 0 radical (unpaired) electrons. The van der Waals surface area contributed by atoms with Gasteiger partial charge < -0.3 is 20.1 Å². The number of amides is 1. The van der Waals surface area contributed by atoms with Gasteiger partial charge in [-0.1, -0.05) is 0 Å². The van der Waals surface area contributed by atoms with E-state index in [0.29, 0.717) is 26.4 Å². The van der Waals surface area contributed by atoms with Crippen LogP contribution in [0.15, 0.2) is 0 Å². The zero-order chi connectivity index (χ0) is 12.4. The molecule has 0 aliphatic carbocycles. The Morgan fingerprint density at radius 3 is 2.62 bits per heavy atom. The first-order valence-corrected chi connectivity index (χ1v) is 5.72. The van der Waals surface area contributed by atoms with Crippen LogP contribution in [0.5, 0.6) is 0 Å². The highest BCUT2D eigenvalue weighted by Crippen LogP contribution is 1.89. The zero-order valence-corrected chi connectivity index (χ0v) is 10.7. The first kappa shape index (κ1) is 15.3. The van der Waals surface area contributed by atoms with Gasteiger partial charge in [0.25, 0.3) is 0 Å². The third-order valence-corrected chi connectivity index (χ3v) is 2.11. The minimum Gasteiger partial charge on any atom is -0.383 e. The first-order valence-electron chi connectivity index (χ1n) is 5.72. The first-order chi connectivity index (χ1) is 7.61. The van der Waals surface area contributed by atoms with Crippen molar-refractivity contribution in [1.29, 1.82) is 0 Å². The van der Waals surface area contributed by atoms with E-state index in [9.17, 15) is 4.79 Å². The molecule has 2 N–H and O–H groups in total. The second-order valence-electron chi connectivity index (χ2n) is 3.73. The molecule has 0 heterocycles. The van der Waals surface area contributed by atoms with E-state index >= 15 is 0 Å². The predicted molar refractivity (Wildman–Crippen MR) is 63.4 cm³/mol. The maximum Gasteiger partial charge on any atom is 0.236 e. The summed E-state index contributed by atoms with van der Waals surface area (Å²) in [4.78, 5) is 11.6. The van der Waals surface area contributed by atoms with Crippen molar-refractivity contribution < 1.29 is 14.3 Å². The molecule has 5 heteroatoms. The molecule has 16 heavy (non-hydrogen) atoms. The lowest BCUT2D eigenvalue weighted by Crippen LogP contribution is -2.47. The molecule has 2 atom stereocenters. The van der Waals surface area contributed by atoms with Crippen LogP contribution in [-0.4, -0.2) is 51.5 Å². The monoisotopic (exact) mass is 232 g/mol. The van der Waals surface area contributed by atoms with Crippen LogP contribution in [0.1, 0.15) is 20.8 Å². The quantitative estimate of drug-likeness (QED) is 0.556. The van der Waals surface area contributed by atoms with Crippen LogP contribution in [-0.2, 0) is 14.3 Å². The van der Waals surface area contributed by atoms with Gasteiger partial charge in [0.1, 0.15) is 0 Å². The Labute approximate surface area is 97.9 Å². The molecule has 0 saturated heterocycles. The Kier molecular flexibility index (Phi) is 9.18. The van der Waals surface area contributed by atoms with Crippen LogP contribution < -0.4 is 10.6 Å². The Hall–Kier alpha value is -0.650. The van der Waals surface area contributed by atoms with Crippen molar-refractivity contribution in [2.24, 2.45) is 0 Å². The van der Waals surface area contributed by atoms with Gasteiger partial charge in [0.05, 0.1) is 19.3 Å². The van der Waals surface area contributed by atoms with E-state index < -0.39 is 0 Å². The van der Waals surface area contributed by atoms with Gasteiger partial charge in [0.2, 0.25) is 5.91 Å². The fourth-order valence-corrected chi connectivity index (χ4v) is 1.27. The van der Waals surface area contributed by atoms with Crippen molar-refractivity contribution in [3.8, 4) is 0 Å². The normalized spacial score (nSPS) is 14.5. The van der Waals surface area contributed by atoms with E-state index in [-0.39, 0.29) is 18.0 Å². The second kappa shape index (κ2) is 9.57. The third kappa shape index (κ3) is 7.62. The summed E-state index contributed by atoms with van der Waals surface area (Å²) in [5, 5.41) is 5.94. The lowest BCUT2D eigenvalue weighted by Gasteiger charge is -2.19. The molecule has 5 nitrogen and oxygen atoms in total. The number of carbonyl (C=O) groups excluding carboxylic acids is 1. The van der Waals surface area contributed by atoms with E-state index in [2.05, 4.69) is 10.6 Å². The molecule has 0 aromatic carbocycles. The van der Waals surface area contributed by atoms with Gasteiger partial charge in [-0.2, -0.15) is 0 Å². The number of hydrogen-bond acceptors (Lipinski definition) is 4. The van der Waals surface area contributed by atoms with Gasteiger partial charge in [-0.05, 0) is 20.8 Å². The Morgan fingerprint density at radius 2 is 2.06 bits per heavy atom. The molecule has 0 aliphatic heterocycles. The lowest BCUT2D eigenvalue weighted by molar-refractivity contribution is -0.123. The van der Waals surface area contributed by atoms with Crippen LogP contribution in [0.2, 0.25) is 0 Å². The van der Waals surface area contributed by atoms with Crippen LogP contribution in [0.25, 0.3) is 0 Å². The average molecular weight is 232 g/mol. The van der Waals surface area contributed by atoms with Crippen LogP contribution in [0.4, 0.5) is 0 Å². The summed E-state index contributed by atoms with van der Waals surface area (Å²) < 4.78 is 10.1. The number of rotatable bonds is 9. The molecule has 1 amide bonds. The van der Waals surface area contributed by atoms with Crippen LogP contribution in [0, 0.1) is 0 Å². The molecule has 0 aromatic rings. The minimum atomic E-state index is -0.215. The summed E-state index contributed by atoms with van der Waals surface area (Å²) in [6, 6.07) is -0.0459. The minimum absolute atomic E-state index is 0.0135. The van der Waals surface area contributed by atoms with E-state index in [0.717, 1.165) is 0 Å². The molecule has 0 fully saturated rings. The fourth-order valence-electron chi connectivity index (χ4n) is 1.27. The van der Waals surface area contributed by atoms with Gasteiger partial charge in [-0.3, -0.25) is 4.79 Å². The largest absolute Gasteiger partial charge is 0.383 e. The second-order valence-corrected chi connectivity index (χ2v) is 3.73. The summed E-state index contributed by atoms with van der Waals surface area (Å²) >= 11 is 0. The molecule has 0 saturated carbocycles. The maximum absolute atomic E-state index is 11.6. The number of carbonyl (C=O) groups is 1. The molecule has 0 rings (SSSR count). The summed E-state index contributed by atoms with van der Waals surface area (Å²) in [7, 11) is 1.61. The molecular weight excluding hydrogens is 208 g/mol. The van der Waals surface area contributed by atoms with Crippen molar-refractivity contribution in [2.75, 3.05) is 33.5 Å².